The van der Waals surface area contributed by atoms with Gasteiger partial charge in [0.05, 0.1) is 21.9 Å². The molecule has 1 aliphatic rings. The summed E-state index contributed by atoms with van der Waals surface area (Å²) >= 11 is 0. The van der Waals surface area contributed by atoms with Gasteiger partial charge in [-0.2, -0.15) is 0 Å². The summed E-state index contributed by atoms with van der Waals surface area (Å²) in [4.78, 5) is 47.8. The summed E-state index contributed by atoms with van der Waals surface area (Å²) < 4.78 is 9.35. The zero-order chi connectivity index (χ0) is 15.4. The Morgan fingerprint density at radius 2 is 1.14 bits per heavy atom. The molecule has 0 fully saturated rings. The predicted octanol–water partition coefficient (Wildman–Crippen LogP) is 1.62. The molecule has 0 aliphatic carbocycles. The SMILES string of the molecule is O=C1OC(=O)c2c1c1ccc2c2ccc(cc2)c(=O)oc1=O. The maximum absolute atomic E-state index is 12.1. The van der Waals surface area contributed by atoms with Crippen molar-refractivity contribution in [2.75, 3.05) is 0 Å². The second kappa shape index (κ2) is 4.11. The van der Waals surface area contributed by atoms with E-state index < -0.39 is 23.2 Å². The third kappa shape index (κ3) is 1.54. The van der Waals surface area contributed by atoms with E-state index >= 15 is 0 Å². The lowest BCUT2D eigenvalue weighted by molar-refractivity contribution is 0.0445. The number of hydrogen-bond donors (Lipinski definition) is 0. The molecule has 0 amide bonds. The zero-order valence-electron chi connectivity index (χ0n) is 10.9. The number of ether oxygens (including phenoxy) is 1. The fraction of sp³-hybridized carbons (Fsp3) is 0. The van der Waals surface area contributed by atoms with E-state index in [0.717, 1.165) is 0 Å². The van der Waals surface area contributed by atoms with Gasteiger partial charge in [-0.3, -0.25) is 0 Å². The van der Waals surface area contributed by atoms with Crippen LogP contribution in [-0.2, 0) is 4.74 Å². The number of rotatable bonds is 0. The number of carbonyl (C=O) groups is 2. The quantitative estimate of drug-likeness (QED) is 0.462. The van der Waals surface area contributed by atoms with E-state index in [1.54, 1.807) is 12.1 Å². The smallest absolute Gasteiger partial charge is 0.347 e. The highest BCUT2D eigenvalue weighted by molar-refractivity contribution is 6.23. The largest absolute Gasteiger partial charge is 0.386 e. The van der Waals surface area contributed by atoms with Crippen molar-refractivity contribution in [3.05, 3.63) is 68.4 Å². The minimum absolute atomic E-state index is 0.0153. The average Bonchev–Trinajstić information content (AvgIpc) is 2.79. The Balaban J connectivity index is 2.45. The number of hydrogen-bond acceptors (Lipinski definition) is 6. The zero-order valence-corrected chi connectivity index (χ0v) is 10.9. The van der Waals surface area contributed by atoms with Crippen molar-refractivity contribution in [3.63, 3.8) is 0 Å². The lowest BCUT2D eigenvalue weighted by atomic mass is 9.99. The van der Waals surface area contributed by atoms with Crippen LogP contribution in [0, 0.1) is 0 Å². The molecule has 6 nitrogen and oxygen atoms in total. The van der Waals surface area contributed by atoms with Gasteiger partial charge in [0.1, 0.15) is 0 Å². The Kier molecular flexibility index (Phi) is 2.33. The fourth-order valence-corrected chi connectivity index (χ4v) is 2.61. The highest BCUT2D eigenvalue weighted by atomic mass is 16.6. The summed E-state index contributed by atoms with van der Waals surface area (Å²) in [6, 6.07) is 9.06. The summed E-state index contributed by atoms with van der Waals surface area (Å²) in [5, 5.41) is 1.13. The van der Waals surface area contributed by atoms with Crippen LogP contribution in [0.3, 0.4) is 0 Å². The van der Waals surface area contributed by atoms with Crippen LogP contribution in [0.15, 0.2) is 50.4 Å². The molecule has 0 unspecified atom stereocenters. The molecule has 2 aromatic carbocycles. The summed E-state index contributed by atoms with van der Waals surface area (Å²) in [5.74, 6) is -1.74. The van der Waals surface area contributed by atoms with E-state index in [9.17, 15) is 19.2 Å². The van der Waals surface area contributed by atoms with Gasteiger partial charge in [-0.1, -0.05) is 18.2 Å². The Bertz CT molecular complexity index is 1100. The van der Waals surface area contributed by atoms with Crippen LogP contribution in [0.1, 0.15) is 20.7 Å². The van der Waals surface area contributed by atoms with Crippen molar-refractivity contribution in [2.45, 2.75) is 0 Å². The van der Waals surface area contributed by atoms with Gasteiger partial charge in [0, 0.05) is 0 Å². The summed E-state index contributed by atoms with van der Waals surface area (Å²) in [5.41, 5.74) is -1.97. The molecule has 0 atom stereocenters. The van der Waals surface area contributed by atoms with Gasteiger partial charge >= 0.3 is 23.2 Å². The normalized spacial score (nSPS) is 13.5. The molecular formula is C16H6O6. The predicted molar refractivity (Wildman–Crippen MR) is 76.0 cm³/mol. The first-order valence-electron chi connectivity index (χ1n) is 6.37. The summed E-state index contributed by atoms with van der Waals surface area (Å²) in [6.07, 6.45) is 0. The molecule has 7 rings (SSSR count). The van der Waals surface area contributed by atoms with Crippen LogP contribution in [0.5, 0.6) is 0 Å². The van der Waals surface area contributed by atoms with E-state index in [0.29, 0.717) is 10.8 Å². The average molecular weight is 294 g/mol. The number of benzene rings is 2. The van der Waals surface area contributed by atoms with Gasteiger partial charge in [-0.25, -0.2) is 19.2 Å². The van der Waals surface area contributed by atoms with Gasteiger partial charge in [0.25, 0.3) is 0 Å². The van der Waals surface area contributed by atoms with Gasteiger partial charge in [-0.15, -0.1) is 0 Å². The molecule has 1 aliphatic heterocycles. The molecule has 6 aromatic rings. The molecule has 5 heterocycles. The standard InChI is InChI=1S/C16H6O6/c17-13-8-3-1-7(2-4-8)9-5-6-10(14(18)21-13)12-11(9)15(19)22-16(12)20/h1-6H. The molecule has 0 spiro atoms. The van der Waals surface area contributed by atoms with Crippen LogP contribution in [0.4, 0.5) is 0 Å². The van der Waals surface area contributed by atoms with Gasteiger partial charge in [0.15, 0.2) is 0 Å². The Hall–Kier alpha value is -3.28. The number of esters is 2. The third-order valence-corrected chi connectivity index (χ3v) is 3.64. The molecule has 4 aromatic heterocycles. The van der Waals surface area contributed by atoms with Crippen LogP contribution in [0.25, 0.3) is 21.5 Å². The summed E-state index contributed by atoms with van der Waals surface area (Å²) in [6.45, 7) is 0. The molecule has 22 heavy (non-hydrogen) atoms. The van der Waals surface area contributed by atoms with Gasteiger partial charge in [-0.05, 0) is 29.0 Å². The highest BCUT2D eigenvalue weighted by Gasteiger charge is 2.33. The first-order chi connectivity index (χ1) is 10.6. The molecular weight excluding hydrogens is 288 g/mol. The van der Waals surface area contributed by atoms with Crippen molar-refractivity contribution in [2.24, 2.45) is 0 Å². The van der Waals surface area contributed by atoms with Crippen molar-refractivity contribution in [1.82, 2.24) is 0 Å². The molecule has 0 N–H and O–H groups in total. The van der Waals surface area contributed by atoms with Crippen LogP contribution in [0.2, 0.25) is 0 Å². The maximum atomic E-state index is 12.1. The van der Waals surface area contributed by atoms with Crippen molar-refractivity contribution < 1.29 is 18.7 Å². The van der Waals surface area contributed by atoms with E-state index in [1.807, 2.05) is 0 Å². The van der Waals surface area contributed by atoms with Gasteiger partial charge < -0.3 is 9.15 Å². The Labute approximate surface area is 121 Å². The lowest BCUT2D eigenvalue weighted by Crippen LogP contribution is -2.09. The molecule has 4 bridgehead atoms. The van der Waals surface area contributed by atoms with Crippen molar-refractivity contribution in [3.8, 4) is 0 Å². The summed E-state index contributed by atoms with van der Waals surface area (Å²) in [7, 11) is 0. The van der Waals surface area contributed by atoms with Crippen LogP contribution >= 0.6 is 0 Å². The topological polar surface area (TPSA) is 90.7 Å². The van der Waals surface area contributed by atoms with Crippen LogP contribution in [-0.4, -0.2) is 11.9 Å². The van der Waals surface area contributed by atoms with E-state index in [2.05, 4.69) is 4.74 Å². The number of cyclic esters (lactones) is 2. The maximum Gasteiger partial charge on any atom is 0.347 e. The van der Waals surface area contributed by atoms with Crippen molar-refractivity contribution >= 4 is 33.5 Å². The number of carbonyl (C=O) groups excluding carboxylic acids is 2. The Morgan fingerprint density at radius 1 is 0.591 bits per heavy atom. The molecule has 6 heteroatoms. The minimum atomic E-state index is -0.996. The molecule has 0 radical (unpaired) electrons. The first kappa shape index (κ1) is 12.5. The second-order valence-corrected chi connectivity index (χ2v) is 4.84. The molecule has 106 valence electrons. The van der Waals surface area contributed by atoms with Crippen molar-refractivity contribution in [1.29, 1.82) is 0 Å². The second-order valence-electron chi connectivity index (χ2n) is 4.84. The highest BCUT2D eigenvalue weighted by Crippen LogP contribution is 2.29. The van der Waals surface area contributed by atoms with E-state index in [4.69, 9.17) is 4.42 Å². The Morgan fingerprint density at radius 3 is 1.82 bits per heavy atom. The first-order valence-corrected chi connectivity index (χ1v) is 6.37. The van der Waals surface area contributed by atoms with E-state index in [-0.39, 0.29) is 21.9 Å². The van der Waals surface area contributed by atoms with E-state index in [1.165, 1.54) is 24.3 Å². The monoisotopic (exact) mass is 294 g/mol. The lowest BCUT2D eigenvalue weighted by Gasteiger charge is -1.99. The molecule has 0 saturated heterocycles. The minimum Gasteiger partial charge on any atom is -0.386 e. The van der Waals surface area contributed by atoms with Gasteiger partial charge in [0.2, 0.25) is 0 Å². The van der Waals surface area contributed by atoms with Crippen LogP contribution < -0.4 is 11.3 Å². The molecule has 0 saturated carbocycles. The fourth-order valence-electron chi connectivity index (χ4n) is 2.61. The third-order valence-electron chi connectivity index (χ3n) is 3.64.